The van der Waals surface area contributed by atoms with Crippen molar-refractivity contribution in [3.05, 3.63) is 24.4 Å². The molecule has 1 saturated carbocycles. The number of rotatable bonds is 5. The van der Waals surface area contributed by atoms with Gasteiger partial charge in [0.1, 0.15) is 12.7 Å². The van der Waals surface area contributed by atoms with Crippen LogP contribution in [0.3, 0.4) is 0 Å². The van der Waals surface area contributed by atoms with Crippen LogP contribution in [0.15, 0.2) is 17.2 Å². The standard InChI is InChI=1S/C13H18N6O2/c1-2-10(1)13-16-12(21-17-13)7-18-3-4-20-11(5-18)6-19-9-14-8-15-19/h8-11H,1-7H2. The summed E-state index contributed by atoms with van der Waals surface area (Å²) in [4.78, 5) is 10.7. The van der Waals surface area contributed by atoms with E-state index in [2.05, 4.69) is 25.1 Å². The van der Waals surface area contributed by atoms with Crippen LogP contribution < -0.4 is 0 Å². The van der Waals surface area contributed by atoms with Gasteiger partial charge in [0.05, 0.1) is 25.8 Å². The van der Waals surface area contributed by atoms with Gasteiger partial charge in [-0.05, 0) is 12.8 Å². The summed E-state index contributed by atoms with van der Waals surface area (Å²) in [6.45, 7) is 3.84. The zero-order valence-electron chi connectivity index (χ0n) is 11.8. The van der Waals surface area contributed by atoms with Gasteiger partial charge in [0.15, 0.2) is 5.82 Å². The first-order valence-electron chi connectivity index (χ1n) is 7.35. The zero-order valence-corrected chi connectivity index (χ0v) is 11.8. The third-order valence-electron chi connectivity index (χ3n) is 3.87. The monoisotopic (exact) mass is 290 g/mol. The first kappa shape index (κ1) is 12.9. The molecule has 1 atom stereocenters. The molecule has 2 aliphatic rings. The Morgan fingerprint density at radius 1 is 1.33 bits per heavy atom. The van der Waals surface area contributed by atoms with Gasteiger partial charge in [0, 0.05) is 19.0 Å². The molecule has 8 heteroatoms. The van der Waals surface area contributed by atoms with Crippen molar-refractivity contribution < 1.29 is 9.26 Å². The summed E-state index contributed by atoms with van der Waals surface area (Å²) in [5.41, 5.74) is 0. The first-order chi connectivity index (χ1) is 10.4. The van der Waals surface area contributed by atoms with Crippen molar-refractivity contribution in [3.63, 3.8) is 0 Å². The zero-order chi connectivity index (χ0) is 14.1. The third-order valence-corrected chi connectivity index (χ3v) is 3.87. The lowest BCUT2D eigenvalue weighted by Crippen LogP contribution is -2.43. The average Bonchev–Trinajstić information content (AvgIpc) is 3.02. The highest BCUT2D eigenvalue weighted by molar-refractivity contribution is 5.03. The minimum atomic E-state index is 0.117. The van der Waals surface area contributed by atoms with Crippen LogP contribution in [0.1, 0.15) is 30.5 Å². The fourth-order valence-corrected chi connectivity index (χ4v) is 2.60. The smallest absolute Gasteiger partial charge is 0.240 e. The molecular weight excluding hydrogens is 272 g/mol. The van der Waals surface area contributed by atoms with Crippen LogP contribution in [0.25, 0.3) is 0 Å². The summed E-state index contributed by atoms with van der Waals surface area (Å²) < 4.78 is 12.9. The molecule has 0 aromatic carbocycles. The van der Waals surface area contributed by atoms with Gasteiger partial charge >= 0.3 is 0 Å². The molecule has 1 saturated heterocycles. The fraction of sp³-hybridized carbons (Fsp3) is 0.692. The SMILES string of the molecule is c1ncn(CC2CN(Cc3nc(C4CC4)no3)CCO2)n1. The van der Waals surface area contributed by atoms with Gasteiger partial charge in [-0.1, -0.05) is 5.16 Å². The Hall–Kier alpha value is -1.80. The second-order valence-corrected chi connectivity index (χ2v) is 5.67. The largest absolute Gasteiger partial charge is 0.374 e. The summed E-state index contributed by atoms with van der Waals surface area (Å²) in [5, 5.41) is 8.17. The second-order valence-electron chi connectivity index (χ2n) is 5.67. The number of nitrogens with zero attached hydrogens (tertiary/aromatic N) is 6. The maximum absolute atomic E-state index is 5.78. The van der Waals surface area contributed by atoms with Crippen LogP contribution in [0.2, 0.25) is 0 Å². The fourth-order valence-electron chi connectivity index (χ4n) is 2.60. The summed E-state index contributed by atoms with van der Waals surface area (Å²) in [6, 6.07) is 0. The lowest BCUT2D eigenvalue weighted by molar-refractivity contribution is -0.0426. The molecule has 2 aromatic heterocycles. The topological polar surface area (TPSA) is 82.1 Å². The molecule has 8 nitrogen and oxygen atoms in total. The Balaban J connectivity index is 1.33. The lowest BCUT2D eigenvalue weighted by Gasteiger charge is -2.31. The van der Waals surface area contributed by atoms with E-state index in [-0.39, 0.29) is 6.10 Å². The van der Waals surface area contributed by atoms with Crippen LogP contribution in [0, 0.1) is 0 Å². The van der Waals surface area contributed by atoms with E-state index in [4.69, 9.17) is 9.26 Å². The van der Waals surface area contributed by atoms with Crippen LogP contribution in [0.4, 0.5) is 0 Å². The average molecular weight is 290 g/mol. The van der Waals surface area contributed by atoms with Gasteiger partial charge in [-0.15, -0.1) is 0 Å². The van der Waals surface area contributed by atoms with Crippen molar-refractivity contribution in [3.8, 4) is 0 Å². The predicted octanol–water partition coefficient (Wildman–Crippen LogP) is 0.439. The quantitative estimate of drug-likeness (QED) is 0.790. The van der Waals surface area contributed by atoms with Crippen molar-refractivity contribution in [2.75, 3.05) is 19.7 Å². The van der Waals surface area contributed by atoms with E-state index in [1.807, 2.05) is 0 Å². The molecule has 2 aromatic rings. The molecule has 0 spiro atoms. The third kappa shape index (κ3) is 3.11. The Morgan fingerprint density at radius 2 is 2.29 bits per heavy atom. The van der Waals surface area contributed by atoms with Crippen LogP contribution in [-0.4, -0.2) is 55.6 Å². The maximum Gasteiger partial charge on any atom is 0.240 e. The molecular formula is C13H18N6O2. The van der Waals surface area contributed by atoms with Gasteiger partial charge in [0.2, 0.25) is 5.89 Å². The van der Waals surface area contributed by atoms with Gasteiger partial charge in [-0.3, -0.25) is 9.58 Å². The van der Waals surface area contributed by atoms with Crippen molar-refractivity contribution in [1.29, 1.82) is 0 Å². The molecule has 21 heavy (non-hydrogen) atoms. The van der Waals surface area contributed by atoms with Crippen molar-refractivity contribution in [2.24, 2.45) is 0 Å². The van der Waals surface area contributed by atoms with Crippen LogP contribution in [-0.2, 0) is 17.8 Å². The molecule has 4 rings (SSSR count). The number of ether oxygens (including phenoxy) is 1. The van der Waals surface area contributed by atoms with Crippen LogP contribution in [0.5, 0.6) is 0 Å². The molecule has 0 N–H and O–H groups in total. The first-order valence-corrected chi connectivity index (χ1v) is 7.35. The summed E-state index contributed by atoms with van der Waals surface area (Å²) in [7, 11) is 0. The maximum atomic E-state index is 5.78. The van der Waals surface area contributed by atoms with Gasteiger partial charge in [0.25, 0.3) is 0 Å². The highest BCUT2D eigenvalue weighted by atomic mass is 16.5. The van der Waals surface area contributed by atoms with Gasteiger partial charge in [-0.2, -0.15) is 10.1 Å². The number of morpholine rings is 1. The van der Waals surface area contributed by atoms with Crippen molar-refractivity contribution >= 4 is 0 Å². The molecule has 1 aliphatic carbocycles. The summed E-state index contributed by atoms with van der Waals surface area (Å²) in [5.74, 6) is 2.11. The molecule has 2 fully saturated rings. The van der Waals surface area contributed by atoms with E-state index in [0.29, 0.717) is 31.5 Å². The number of hydrogen-bond donors (Lipinski definition) is 0. The summed E-state index contributed by atoms with van der Waals surface area (Å²) >= 11 is 0. The van der Waals surface area contributed by atoms with E-state index in [1.54, 1.807) is 17.3 Å². The second kappa shape index (κ2) is 5.53. The molecule has 0 radical (unpaired) electrons. The normalized spacial score (nSPS) is 23.5. The molecule has 112 valence electrons. The Bertz CT molecular complexity index is 579. The van der Waals surface area contributed by atoms with Crippen LogP contribution >= 0.6 is 0 Å². The van der Waals surface area contributed by atoms with Crippen molar-refractivity contribution in [1.82, 2.24) is 29.8 Å². The lowest BCUT2D eigenvalue weighted by atomic mass is 10.2. The minimum Gasteiger partial charge on any atom is -0.374 e. The van der Waals surface area contributed by atoms with Crippen molar-refractivity contribution in [2.45, 2.75) is 38.0 Å². The Kier molecular flexibility index (Phi) is 3.40. The van der Waals surface area contributed by atoms with E-state index < -0.39 is 0 Å². The minimum absolute atomic E-state index is 0.117. The Morgan fingerprint density at radius 3 is 3.10 bits per heavy atom. The predicted molar refractivity (Wildman–Crippen MR) is 71.3 cm³/mol. The van der Waals surface area contributed by atoms with Gasteiger partial charge < -0.3 is 9.26 Å². The van der Waals surface area contributed by atoms with E-state index in [0.717, 1.165) is 18.9 Å². The van der Waals surface area contributed by atoms with E-state index in [9.17, 15) is 0 Å². The number of aromatic nitrogens is 5. The molecule has 1 unspecified atom stereocenters. The van der Waals surface area contributed by atoms with E-state index in [1.165, 1.54) is 12.8 Å². The Labute approximate surface area is 122 Å². The molecule has 0 bridgehead atoms. The number of hydrogen-bond acceptors (Lipinski definition) is 7. The van der Waals surface area contributed by atoms with Gasteiger partial charge in [-0.25, -0.2) is 4.98 Å². The highest BCUT2D eigenvalue weighted by Gasteiger charge is 2.29. The molecule has 1 aliphatic heterocycles. The molecule has 0 amide bonds. The van der Waals surface area contributed by atoms with E-state index >= 15 is 0 Å². The summed E-state index contributed by atoms with van der Waals surface area (Å²) in [6.07, 6.45) is 5.75. The molecule has 3 heterocycles. The highest BCUT2D eigenvalue weighted by Crippen LogP contribution is 2.38.